The van der Waals surface area contributed by atoms with Gasteiger partial charge in [-0.1, -0.05) is 6.07 Å². The molecule has 1 aromatic heterocycles. The summed E-state index contributed by atoms with van der Waals surface area (Å²) in [6.45, 7) is -2.29. The largest absolute Gasteiger partial charge is 0.497 e. The fraction of sp³-hybridized carbons (Fsp3) is 0.333. The Morgan fingerprint density at radius 1 is 1.32 bits per heavy atom. The van der Waals surface area contributed by atoms with Gasteiger partial charge < -0.3 is 19.9 Å². The second-order valence-electron chi connectivity index (χ2n) is 4.56. The van der Waals surface area contributed by atoms with Gasteiger partial charge in [-0.25, -0.2) is 0 Å². The highest BCUT2D eigenvalue weighted by atomic mass is 32.1. The Kier molecular flexibility index (Phi) is 6.11. The van der Waals surface area contributed by atoms with Gasteiger partial charge in [-0.2, -0.15) is 20.1 Å². The van der Waals surface area contributed by atoms with Crippen molar-refractivity contribution in [3.63, 3.8) is 0 Å². The van der Waals surface area contributed by atoms with E-state index in [1.54, 1.807) is 12.1 Å². The van der Waals surface area contributed by atoms with E-state index in [9.17, 15) is 13.9 Å². The number of hydrogen-bond donors (Lipinski definition) is 2. The molecule has 0 aliphatic rings. The first-order valence-electron chi connectivity index (χ1n) is 6.62. The highest BCUT2D eigenvalue weighted by molar-refractivity contribution is 7.07. The first-order valence-corrected chi connectivity index (χ1v) is 7.57. The van der Waals surface area contributed by atoms with Crippen molar-refractivity contribution in [2.24, 2.45) is 0 Å². The lowest BCUT2D eigenvalue weighted by molar-refractivity contribution is -0.0506. The lowest BCUT2D eigenvalue weighted by atomic mass is 10.1. The molecule has 1 aromatic carbocycles. The van der Waals surface area contributed by atoms with Gasteiger partial charge in [0.2, 0.25) is 0 Å². The van der Waals surface area contributed by atoms with Crippen molar-refractivity contribution in [1.29, 1.82) is 0 Å². The van der Waals surface area contributed by atoms with Crippen LogP contribution in [0.2, 0.25) is 0 Å². The molecule has 0 saturated heterocycles. The maximum absolute atomic E-state index is 12.5. The van der Waals surface area contributed by atoms with Crippen molar-refractivity contribution in [2.75, 3.05) is 13.7 Å². The molecule has 1 atom stereocenters. The third-order valence-corrected chi connectivity index (χ3v) is 3.77. The summed E-state index contributed by atoms with van der Waals surface area (Å²) in [7, 11) is 1.45. The van der Waals surface area contributed by atoms with Crippen molar-refractivity contribution >= 4 is 11.3 Å². The Morgan fingerprint density at radius 3 is 2.77 bits per heavy atom. The number of aliphatic hydroxyl groups is 1. The zero-order valence-electron chi connectivity index (χ0n) is 12.0. The Labute approximate surface area is 131 Å². The van der Waals surface area contributed by atoms with Crippen LogP contribution in [-0.2, 0) is 6.54 Å². The van der Waals surface area contributed by atoms with Crippen LogP contribution in [0.15, 0.2) is 35.0 Å². The number of methoxy groups -OCH3 is 1. The lowest BCUT2D eigenvalue weighted by Crippen LogP contribution is -2.21. The molecule has 0 fully saturated rings. The molecule has 0 radical (unpaired) electrons. The predicted octanol–water partition coefficient (Wildman–Crippen LogP) is 3.18. The smallest absolute Gasteiger partial charge is 0.387 e. The van der Waals surface area contributed by atoms with Crippen LogP contribution in [-0.4, -0.2) is 25.4 Å². The molecule has 2 rings (SSSR count). The van der Waals surface area contributed by atoms with Crippen LogP contribution < -0.4 is 14.8 Å². The van der Waals surface area contributed by atoms with Crippen molar-refractivity contribution < 1.29 is 23.4 Å². The number of thiophene rings is 1. The molecule has 0 spiro atoms. The molecule has 0 aliphatic carbocycles. The molecular weight excluding hydrogens is 312 g/mol. The minimum absolute atomic E-state index is 0.0619. The molecule has 2 N–H and O–H groups in total. The van der Waals surface area contributed by atoms with Crippen molar-refractivity contribution in [3.8, 4) is 11.5 Å². The second-order valence-corrected chi connectivity index (χ2v) is 5.34. The van der Waals surface area contributed by atoms with Gasteiger partial charge >= 0.3 is 6.61 Å². The van der Waals surface area contributed by atoms with Crippen molar-refractivity contribution in [1.82, 2.24) is 5.32 Å². The van der Waals surface area contributed by atoms with Crippen LogP contribution in [0.5, 0.6) is 11.5 Å². The minimum atomic E-state index is -2.90. The molecule has 1 heterocycles. The van der Waals surface area contributed by atoms with E-state index in [1.165, 1.54) is 24.5 Å². The monoisotopic (exact) mass is 329 g/mol. The molecule has 1 unspecified atom stereocenters. The van der Waals surface area contributed by atoms with Crippen LogP contribution in [0.25, 0.3) is 0 Å². The zero-order chi connectivity index (χ0) is 15.9. The maximum atomic E-state index is 12.5. The zero-order valence-corrected chi connectivity index (χ0v) is 12.8. The van der Waals surface area contributed by atoms with Crippen LogP contribution >= 0.6 is 11.3 Å². The van der Waals surface area contributed by atoms with Gasteiger partial charge in [0.25, 0.3) is 0 Å². The fourth-order valence-electron chi connectivity index (χ4n) is 1.94. The summed E-state index contributed by atoms with van der Waals surface area (Å²) >= 11 is 1.51. The Balaban J connectivity index is 1.96. The molecule has 22 heavy (non-hydrogen) atoms. The van der Waals surface area contributed by atoms with Gasteiger partial charge in [-0.05, 0) is 28.5 Å². The van der Waals surface area contributed by atoms with Gasteiger partial charge in [0.05, 0.1) is 13.2 Å². The summed E-state index contributed by atoms with van der Waals surface area (Å²) in [6, 6.07) is 6.58. The first-order chi connectivity index (χ1) is 10.6. The molecule has 120 valence electrons. The SMILES string of the molecule is COc1ccc(CNCC(O)c2ccsc2)c(OC(F)F)c1. The van der Waals surface area contributed by atoms with Gasteiger partial charge in [0.1, 0.15) is 11.5 Å². The van der Waals surface area contributed by atoms with Crippen molar-refractivity contribution in [2.45, 2.75) is 19.3 Å². The summed E-state index contributed by atoms with van der Waals surface area (Å²) in [4.78, 5) is 0. The topological polar surface area (TPSA) is 50.7 Å². The number of nitrogens with one attached hydrogen (secondary N) is 1. The number of aliphatic hydroxyl groups excluding tert-OH is 1. The second kappa shape index (κ2) is 8.07. The molecule has 2 aromatic rings. The van der Waals surface area contributed by atoms with E-state index in [1.807, 2.05) is 16.8 Å². The quantitative estimate of drug-likeness (QED) is 0.781. The third-order valence-electron chi connectivity index (χ3n) is 3.07. The summed E-state index contributed by atoms with van der Waals surface area (Å²) < 4.78 is 34.4. The molecule has 0 aliphatic heterocycles. The normalized spacial score (nSPS) is 12.4. The van der Waals surface area contributed by atoms with E-state index in [0.29, 0.717) is 24.4 Å². The maximum Gasteiger partial charge on any atom is 0.387 e. The number of benzene rings is 1. The van der Waals surface area contributed by atoms with Gasteiger partial charge in [-0.15, -0.1) is 0 Å². The first kappa shape index (κ1) is 16.7. The third kappa shape index (κ3) is 4.66. The van der Waals surface area contributed by atoms with E-state index in [0.717, 1.165) is 5.56 Å². The highest BCUT2D eigenvalue weighted by Crippen LogP contribution is 2.26. The number of hydrogen-bond acceptors (Lipinski definition) is 5. The highest BCUT2D eigenvalue weighted by Gasteiger charge is 2.12. The van der Waals surface area contributed by atoms with E-state index in [4.69, 9.17) is 4.74 Å². The molecule has 0 amide bonds. The van der Waals surface area contributed by atoms with Gasteiger partial charge in [0.15, 0.2) is 0 Å². The molecule has 0 saturated carbocycles. The van der Waals surface area contributed by atoms with Crippen LogP contribution in [0.4, 0.5) is 8.78 Å². The van der Waals surface area contributed by atoms with Crippen LogP contribution in [0.1, 0.15) is 17.2 Å². The van der Waals surface area contributed by atoms with E-state index in [2.05, 4.69) is 10.1 Å². The van der Waals surface area contributed by atoms with Crippen molar-refractivity contribution in [3.05, 3.63) is 46.2 Å². The average molecular weight is 329 g/mol. The number of ether oxygens (including phenoxy) is 2. The average Bonchev–Trinajstić information content (AvgIpc) is 3.02. The molecule has 0 bridgehead atoms. The minimum Gasteiger partial charge on any atom is -0.497 e. The van der Waals surface area contributed by atoms with E-state index in [-0.39, 0.29) is 5.75 Å². The number of rotatable bonds is 8. The standard InChI is InChI=1S/C15H17F2NO3S/c1-20-12-3-2-10(14(6-12)21-15(16)17)7-18-8-13(19)11-4-5-22-9-11/h2-6,9,13,15,18-19H,7-8H2,1H3. The van der Waals surface area contributed by atoms with Crippen LogP contribution in [0, 0.1) is 0 Å². The summed E-state index contributed by atoms with van der Waals surface area (Å²) in [5.74, 6) is 0.504. The van der Waals surface area contributed by atoms with Gasteiger partial charge in [-0.3, -0.25) is 0 Å². The Hall–Kier alpha value is -1.70. The fourth-order valence-corrected chi connectivity index (χ4v) is 2.65. The summed E-state index contributed by atoms with van der Waals surface area (Å²) in [5, 5.41) is 16.7. The number of alkyl halides is 2. The predicted molar refractivity (Wildman–Crippen MR) is 80.6 cm³/mol. The lowest BCUT2D eigenvalue weighted by Gasteiger charge is -2.14. The molecule has 4 nitrogen and oxygen atoms in total. The van der Waals surface area contributed by atoms with E-state index >= 15 is 0 Å². The summed E-state index contributed by atoms with van der Waals surface area (Å²) in [5.41, 5.74) is 1.40. The molecule has 7 heteroatoms. The van der Waals surface area contributed by atoms with Crippen LogP contribution in [0.3, 0.4) is 0 Å². The Bertz CT molecular complexity index is 578. The van der Waals surface area contributed by atoms with Gasteiger partial charge in [0, 0.05) is 24.7 Å². The Morgan fingerprint density at radius 2 is 2.14 bits per heavy atom. The van der Waals surface area contributed by atoms with E-state index < -0.39 is 12.7 Å². The molecular formula is C15H17F2NO3S. The number of halogens is 2. The summed E-state index contributed by atoms with van der Waals surface area (Å²) in [6.07, 6.45) is -0.635.